The molecule has 0 aliphatic rings. The van der Waals surface area contributed by atoms with Gasteiger partial charge in [-0.05, 0) is 30.2 Å². The van der Waals surface area contributed by atoms with Crippen LogP contribution in [0.4, 0.5) is 0 Å². The number of carbonyl (C=O) groups excluding carboxylic acids is 1. The normalized spacial score (nSPS) is 13.9. The number of nitrogens with one attached hydrogen (secondary N) is 1. The molecular formula is C19H24N2O4S. The smallest absolute Gasteiger partial charge is 0.243 e. The summed E-state index contributed by atoms with van der Waals surface area (Å²) >= 11 is 0. The van der Waals surface area contributed by atoms with Crippen LogP contribution in [0, 0.1) is 0 Å². The maximum Gasteiger partial charge on any atom is 0.243 e. The van der Waals surface area contributed by atoms with E-state index >= 15 is 0 Å². The summed E-state index contributed by atoms with van der Waals surface area (Å²) in [4.78, 5) is 12.9. The Hall–Kier alpha value is -2.38. The predicted octanol–water partition coefficient (Wildman–Crippen LogP) is 2.51. The van der Waals surface area contributed by atoms with E-state index in [4.69, 9.17) is 4.74 Å². The molecule has 0 radical (unpaired) electrons. The van der Waals surface area contributed by atoms with Crippen molar-refractivity contribution in [1.82, 2.24) is 9.62 Å². The Morgan fingerprint density at radius 2 is 1.62 bits per heavy atom. The molecule has 0 saturated carbocycles. The lowest BCUT2D eigenvalue weighted by atomic mass is 10.0. The van der Waals surface area contributed by atoms with Crippen molar-refractivity contribution >= 4 is 15.9 Å². The molecule has 2 aromatic carbocycles. The Morgan fingerprint density at radius 3 is 2.12 bits per heavy atom. The van der Waals surface area contributed by atoms with Crippen molar-refractivity contribution in [3.8, 4) is 5.75 Å². The number of hydrogen-bond donors (Lipinski definition) is 1. The van der Waals surface area contributed by atoms with Crippen molar-refractivity contribution in [2.75, 3.05) is 20.4 Å². The molecule has 0 aliphatic heterocycles. The lowest BCUT2D eigenvalue weighted by Gasteiger charge is -2.27. The van der Waals surface area contributed by atoms with Crippen molar-refractivity contribution in [3.05, 3.63) is 65.7 Å². The molecule has 1 amide bonds. The van der Waals surface area contributed by atoms with E-state index in [2.05, 4.69) is 5.32 Å². The molecule has 26 heavy (non-hydrogen) atoms. The van der Waals surface area contributed by atoms with E-state index in [0.717, 1.165) is 21.9 Å². The van der Waals surface area contributed by atoms with Gasteiger partial charge in [0.2, 0.25) is 15.9 Å². The average Bonchev–Trinajstić information content (AvgIpc) is 2.62. The lowest BCUT2D eigenvalue weighted by molar-refractivity contribution is -0.125. The second kappa shape index (κ2) is 8.33. The summed E-state index contributed by atoms with van der Waals surface area (Å²) in [6, 6.07) is 15.0. The van der Waals surface area contributed by atoms with Crippen LogP contribution in [-0.2, 0) is 14.8 Å². The molecule has 0 fully saturated rings. The van der Waals surface area contributed by atoms with Crippen LogP contribution in [0.3, 0.4) is 0 Å². The number of benzene rings is 2. The highest BCUT2D eigenvalue weighted by molar-refractivity contribution is 7.88. The van der Waals surface area contributed by atoms with Crippen LogP contribution in [-0.4, -0.2) is 39.0 Å². The van der Waals surface area contributed by atoms with Crippen molar-refractivity contribution in [1.29, 1.82) is 0 Å². The monoisotopic (exact) mass is 376 g/mol. The van der Waals surface area contributed by atoms with Crippen LogP contribution in [0.25, 0.3) is 0 Å². The van der Waals surface area contributed by atoms with Crippen LogP contribution in [0.5, 0.6) is 5.75 Å². The zero-order valence-electron chi connectivity index (χ0n) is 15.3. The van der Waals surface area contributed by atoms with Crippen molar-refractivity contribution in [2.24, 2.45) is 0 Å². The second-order valence-electron chi connectivity index (χ2n) is 6.10. The predicted molar refractivity (Wildman–Crippen MR) is 101 cm³/mol. The molecule has 140 valence electrons. The summed E-state index contributed by atoms with van der Waals surface area (Å²) in [5, 5.41) is 2.90. The van der Waals surface area contributed by atoms with Crippen LogP contribution in [0.1, 0.15) is 30.1 Å². The molecule has 2 atom stereocenters. The Morgan fingerprint density at radius 1 is 1.04 bits per heavy atom. The van der Waals surface area contributed by atoms with Gasteiger partial charge in [-0.3, -0.25) is 4.79 Å². The first-order valence-corrected chi connectivity index (χ1v) is 10.0. The van der Waals surface area contributed by atoms with Gasteiger partial charge in [-0.15, -0.1) is 0 Å². The average molecular weight is 376 g/mol. The van der Waals surface area contributed by atoms with Gasteiger partial charge in [0.1, 0.15) is 11.8 Å². The summed E-state index contributed by atoms with van der Waals surface area (Å²) in [7, 11) is -0.552. The number of amides is 1. The number of ether oxygens (including phenoxy) is 1. The van der Waals surface area contributed by atoms with Gasteiger partial charge in [-0.1, -0.05) is 42.5 Å². The zero-order valence-corrected chi connectivity index (χ0v) is 16.2. The molecule has 7 heteroatoms. The van der Waals surface area contributed by atoms with Gasteiger partial charge in [0.05, 0.1) is 19.4 Å². The van der Waals surface area contributed by atoms with E-state index in [0.29, 0.717) is 5.56 Å². The highest BCUT2D eigenvalue weighted by Crippen LogP contribution is 2.24. The van der Waals surface area contributed by atoms with Gasteiger partial charge in [-0.25, -0.2) is 8.42 Å². The number of sulfonamides is 1. The maximum atomic E-state index is 12.9. The number of methoxy groups -OCH3 is 1. The van der Waals surface area contributed by atoms with Crippen LogP contribution in [0.2, 0.25) is 0 Å². The molecular weight excluding hydrogens is 352 g/mol. The Bertz CT molecular complexity index is 836. The summed E-state index contributed by atoms with van der Waals surface area (Å²) < 4.78 is 30.2. The van der Waals surface area contributed by atoms with E-state index in [9.17, 15) is 13.2 Å². The fourth-order valence-electron chi connectivity index (χ4n) is 2.62. The number of carbonyl (C=O) groups is 1. The second-order valence-corrected chi connectivity index (χ2v) is 8.14. The quantitative estimate of drug-likeness (QED) is 0.806. The maximum absolute atomic E-state index is 12.9. The van der Waals surface area contributed by atoms with Crippen molar-refractivity contribution < 1.29 is 17.9 Å². The fourth-order valence-corrected chi connectivity index (χ4v) is 3.22. The fraction of sp³-hybridized carbons (Fsp3) is 0.316. The van der Waals surface area contributed by atoms with Gasteiger partial charge in [0.15, 0.2) is 0 Å². The Labute approximate surface area is 154 Å². The summed E-state index contributed by atoms with van der Waals surface area (Å²) in [5.41, 5.74) is 1.51. The highest BCUT2D eigenvalue weighted by atomic mass is 32.2. The largest absolute Gasteiger partial charge is 0.497 e. The van der Waals surface area contributed by atoms with E-state index in [1.807, 2.05) is 37.3 Å². The number of hydrogen-bond acceptors (Lipinski definition) is 4. The lowest BCUT2D eigenvalue weighted by Crippen LogP contribution is -2.42. The van der Waals surface area contributed by atoms with E-state index < -0.39 is 16.1 Å². The summed E-state index contributed by atoms with van der Waals surface area (Å²) in [6.07, 6.45) is 1.09. The SMILES string of the molecule is COc1ccc(C(C)NC(=O)C(c2ccccc2)N(C)S(C)(=O)=O)cc1. The van der Waals surface area contributed by atoms with Gasteiger partial charge >= 0.3 is 0 Å². The number of likely N-dealkylation sites (N-methyl/N-ethyl adjacent to an activating group) is 1. The van der Waals surface area contributed by atoms with Gasteiger partial charge in [-0.2, -0.15) is 4.31 Å². The first-order chi connectivity index (χ1) is 12.2. The Balaban J connectivity index is 2.25. The molecule has 0 saturated heterocycles. The molecule has 2 unspecified atom stereocenters. The molecule has 6 nitrogen and oxygen atoms in total. The first kappa shape index (κ1) is 19.9. The highest BCUT2D eigenvalue weighted by Gasteiger charge is 2.31. The topological polar surface area (TPSA) is 75.7 Å². The number of rotatable bonds is 7. The molecule has 0 aromatic heterocycles. The summed E-state index contributed by atoms with van der Waals surface area (Å²) in [5.74, 6) is 0.346. The van der Waals surface area contributed by atoms with Gasteiger partial charge < -0.3 is 10.1 Å². The van der Waals surface area contributed by atoms with Crippen molar-refractivity contribution in [3.63, 3.8) is 0 Å². The molecule has 0 spiro atoms. The third-order valence-electron chi connectivity index (χ3n) is 4.22. The van der Waals surface area contributed by atoms with Crippen molar-refractivity contribution in [2.45, 2.75) is 19.0 Å². The Kier molecular flexibility index (Phi) is 6.39. The van der Waals surface area contributed by atoms with E-state index in [1.165, 1.54) is 7.05 Å². The van der Waals surface area contributed by atoms with Crippen LogP contribution >= 0.6 is 0 Å². The first-order valence-electron chi connectivity index (χ1n) is 8.16. The standard InChI is InChI=1S/C19H24N2O4S/c1-14(15-10-12-17(25-3)13-11-15)20-19(22)18(21(2)26(4,23)24)16-8-6-5-7-9-16/h5-14,18H,1-4H3,(H,20,22). The minimum Gasteiger partial charge on any atom is -0.497 e. The minimum absolute atomic E-state index is 0.285. The molecule has 0 aliphatic carbocycles. The van der Waals surface area contributed by atoms with Crippen LogP contribution in [0.15, 0.2) is 54.6 Å². The minimum atomic E-state index is -3.55. The molecule has 1 N–H and O–H groups in total. The van der Waals surface area contributed by atoms with Gasteiger partial charge in [0.25, 0.3) is 0 Å². The van der Waals surface area contributed by atoms with E-state index in [-0.39, 0.29) is 11.9 Å². The van der Waals surface area contributed by atoms with Crippen LogP contribution < -0.4 is 10.1 Å². The molecule has 2 aromatic rings. The number of nitrogens with zero attached hydrogens (tertiary/aromatic N) is 1. The zero-order chi connectivity index (χ0) is 19.3. The third-order valence-corrected chi connectivity index (χ3v) is 5.48. The summed E-state index contributed by atoms with van der Waals surface area (Å²) in [6.45, 7) is 1.85. The third kappa shape index (κ3) is 4.83. The molecule has 0 heterocycles. The van der Waals surface area contributed by atoms with E-state index in [1.54, 1.807) is 31.4 Å². The molecule has 0 bridgehead atoms. The molecule has 2 rings (SSSR count). The van der Waals surface area contributed by atoms with Gasteiger partial charge in [0, 0.05) is 7.05 Å².